The Morgan fingerprint density at radius 1 is 1.58 bits per heavy atom. The van der Waals surface area contributed by atoms with Gasteiger partial charge in [-0.15, -0.1) is 0 Å². The largest absolute Gasteiger partial charge is 0.299 e. The van der Waals surface area contributed by atoms with Crippen molar-refractivity contribution >= 4 is 23.4 Å². The fourth-order valence-corrected chi connectivity index (χ4v) is 3.54. The fraction of sp³-hybridized carbons (Fsp3) is 0.800. The van der Waals surface area contributed by atoms with Gasteiger partial charge < -0.3 is 0 Å². The highest BCUT2D eigenvalue weighted by atomic mass is 32.1. The minimum absolute atomic E-state index is 0.131. The number of hydrogen-bond acceptors (Lipinski definition) is 2. The van der Waals surface area contributed by atoms with Gasteiger partial charge in [0.05, 0.1) is 5.41 Å². The maximum absolute atomic E-state index is 11.7. The van der Waals surface area contributed by atoms with Crippen LogP contribution in [0.1, 0.15) is 33.1 Å². The van der Waals surface area contributed by atoms with Crippen molar-refractivity contribution < 1.29 is 4.79 Å². The Bertz CT molecular complexity index is 257. The monoisotopic (exact) mass is 182 g/mol. The Morgan fingerprint density at radius 3 is 2.50 bits per heavy atom. The van der Waals surface area contributed by atoms with Crippen molar-refractivity contribution in [2.24, 2.45) is 16.7 Å². The van der Waals surface area contributed by atoms with E-state index in [9.17, 15) is 4.79 Å². The Balaban J connectivity index is 2.52. The molecule has 1 nitrogen and oxygen atoms in total. The van der Waals surface area contributed by atoms with Gasteiger partial charge >= 0.3 is 0 Å². The van der Waals surface area contributed by atoms with E-state index in [1.807, 2.05) is 0 Å². The highest BCUT2D eigenvalue weighted by molar-refractivity contribution is 7.79. The molecule has 2 heteroatoms. The van der Waals surface area contributed by atoms with E-state index in [-0.39, 0.29) is 10.8 Å². The first-order chi connectivity index (χ1) is 5.54. The lowest BCUT2D eigenvalue weighted by Crippen LogP contribution is -2.36. The highest BCUT2D eigenvalue weighted by Gasteiger charge is 2.62. The summed E-state index contributed by atoms with van der Waals surface area (Å²) in [5.41, 5.74) is -0.112. The summed E-state index contributed by atoms with van der Waals surface area (Å²) in [5.74, 6) is 0.975. The van der Waals surface area contributed by atoms with E-state index < -0.39 is 0 Å². The van der Waals surface area contributed by atoms with Crippen molar-refractivity contribution in [1.29, 1.82) is 0 Å². The average molecular weight is 182 g/mol. The summed E-state index contributed by atoms with van der Waals surface area (Å²) in [6.45, 7) is 4.39. The zero-order valence-electron chi connectivity index (χ0n) is 7.59. The molecule has 2 aliphatic rings. The summed E-state index contributed by atoms with van der Waals surface area (Å²) in [7, 11) is 0. The van der Waals surface area contributed by atoms with Crippen LogP contribution in [-0.4, -0.2) is 11.2 Å². The molecule has 12 heavy (non-hydrogen) atoms. The Labute approximate surface area is 78.5 Å². The molecule has 2 bridgehead atoms. The quantitative estimate of drug-likeness (QED) is 0.579. The van der Waals surface area contributed by atoms with Crippen LogP contribution in [0.5, 0.6) is 0 Å². The lowest BCUT2D eigenvalue weighted by molar-refractivity contribution is -0.125. The zero-order valence-corrected chi connectivity index (χ0v) is 8.41. The second-order valence-corrected chi connectivity index (χ2v) is 4.91. The van der Waals surface area contributed by atoms with Gasteiger partial charge in [-0.1, -0.05) is 26.1 Å². The summed E-state index contributed by atoms with van der Waals surface area (Å²) in [5, 5.41) is 1.74. The van der Waals surface area contributed by atoms with E-state index in [0.717, 1.165) is 12.8 Å². The molecule has 2 aliphatic carbocycles. The van der Waals surface area contributed by atoms with E-state index >= 15 is 0 Å². The first-order valence-electron chi connectivity index (χ1n) is 4.54. The molecule has 0 radical (unpaired) electrons. The number of rotatable bonds is 1. The summed E-state index contributed by atoms with van der Waals surface area (Å²) in [6.07, 6.45) is 2.94. The van der Waals surface area contributed by atoms with Gasteiger partial charge in [-0.2, -0.15) is 0 Å². The van der Waals surface area contributed by atoms with Gasteiger partial charge in [0.15, 0.2) is 0 Å². The van der Waals surface area contributed by atoms with Crippen LogP contribution < -0.4 is 0 Å². The normalized spacial score (nSPS) is 43.5. The third kappa shape index (κ3) is 0.657. The maximum Gasteiger partial charge on any atom is 0.144 e. The van der Waals surface area contributed by atoms with Crippen LogP contribution in [-0.2, 0) is 4.79 Å². The van der Waals surface area contributed by atoms with Crippen molar-refractivity contribution in [1.82, 2.24) is 0 Å². The van der Waals surface area contributed by atoms with Crippen molar-refractivity contribution in [3.8, 4) is 0 Å². The Morgan fingerprint density at radius 2 is 2.25 bits per heavy atom. The fourth-order valence-electron chi connectivity index (χ4n) is 2.99. The molecule has 2 atom stereocenters. The molecule has 0 aromatic heterocycles. The first kappa shape index (κ1) is 8.36. The molecule has 2 saturated carbocycles. The molecule has 2 fully saturated rings. The molecule has 2 rings (SSSR count). The van der Waals surface area contributed by atoms with Crippen LogP contribution in [0.4, 0.5) is 0 Å². The molecule has 0 heterocycles. The van der Waals surface area contributed by atoms with E-state index in [4.69, 9.17) is 12.2 Å². The number of fused-ring (bicyclic) bond motifs is 2. The number of ketones is 1. The third-order valence-corrected chi connectivity index (χ3v) is 4.59. The minimum Gasteiger partial charge on any atom is -0.299 e. The van der Waals surface area contributed by atoms with E-state index in [1.54, 1.807) is 5.37 Å². The lowest BCUT2D eigenvalue weighted by Gasteiger charge is -2.32. The van der Waals surface area contributed by atoms with Crippen LogP contribution in [0.2, 0.25) is 0 Å². The van der Waals surface area contributed by atoms with Gasteiger partial charge in [0.2, 0.25) is 0 Å². The van der Waals surface area contributed by atoms with Gasteiger partial charge in [0, 0.05) is 6.42 Å². The molecule has 0 aromatic carbocycles. The Hall–Kier alpha value is -0.240. The van der Waals surface area contributed by atoms with Crippen molar-refractivity contribution in [3.05, 3.63) is 0 Å². The maximum atomic E-state index is 11.7. The summed E-state index contributed by atoms with van der Waals surface area (Å²) in [6, 6.07) is 0. The zero-order chi connectivity index (χ0) is 8.98. The predicted octanol–water partition coefficient (Wildman–Crippen LogP) is 2.38. The van der Waals surface area contributed by atoms with Crippen molar-refractivity contribution in [2.75, 3.05) is 0 Å². The van der Waals surface area contributed by atoms with E-state index in [1.165, 1.54) is 6.42 Å². The number of Topliss-reactive ketones (excluding diaryl/α,β-unsaturated/α-hetero) is 1. The van der Waals surface area contributed by atoms with Gasteiger partial charge in [-0.05, 0) is 29.5 Å². The first-order valence-corrected chi connectivity index (χ1v) is 5.01. The molecule has 0 aromatic rings. The third-order valence-electron chi connectivity index (χ3n) is 4.19. The van der Waals surface area contributed by atoms with Gasteiger partial charge in [0.1, 0.15) is 5.78 Å². The number of carbonyl (C=O) groups excluding carboxylic acids is 1. The molecular weight excluding hydrogens is 168 g/mol. The van der Waals surface area contributed by atoms with Crippen LogP contribution in [0.25, 0.3) is 0 Å². The number of hydrogen-bond donors (Lipinski definition) is 0. The SMILES string of the molecule is CC1(C)[C@@H]2CC[C@@]1(C=S)C(=O)C2. The van der Waals surface area contributed by atoms with Crippen LogP contribution in [0.15, 0.2) is 0 Å². The van der Waals surface area contributed by atoms with E-state index in [2.05, 4.69) is 13.8 Å². The minimum atomic E-state index is -0.243. The van der Waals surface area contributed by atoms with Crippen LogP contribution in [0, 0.1) is 16.7 Å². The molecule has 0 amide bonds. The molecule has 0 spiro atoms. The number of carbonyl (C=O) groups is 1. The van der Waals surface area contributed by atoms with Gasteiger partial charge in [0.25, 0.3) is 0 Å². The lowest BCUT2D eigenvalue weighted by atomic mass is 9.70. The van der Waals surface area contributed by atoms with E-state index in [0.29, 0.717) is 11.7 Å². The molecule has 0 aliphatic heterocycles. The standard InChI is InChI=1S/C10H14OS/c1-9(2)7-3-4-10(9,6-12)8(11)5-7/h6-7H,3-5H2,1-2H3/t7-,10-/m1/s1. The molecule has 66 valence electrons. The number of thiocarbonyl (C=S) groups is 1. The van der Waals surface area contributed by atoms with Crippen LogP contribution >= 0.6 is 12.2 Å². The average Bonchev–Trinajstić information content (AvgIpc) is 2.36. The van der Waals surface area contributed by atoms with Gasteiger partial charge in [-0.3, -0.25) is 4.79 Å². The van der Waals surface area contributed by atoms with Crippen molar-refractivity contribution in [2.45, 2.75) is 33.1 Å². The van der Waals surface area contributed by atoms with Crippen LogP contribution in [0.3, 0.4) is 0 Å². The summed E-state index contributed by atoms with van der Waals surface area (Å²) in [4.78, 5) is 11.7. The topological polar surface area (TPSA) is 17.1 Å². The van der Waals surface area contributed by atoms with Crippen molar-refractivity contribution in [3.63, 3.8) is 0 Å². The second kappa shape index (κ2) is 2.16. The summed E-state index contributed by atoms with van der Waals surface area (Å²) < 4.78 is 0. The summed E-state index contributed by atoms with van der Waals surface area (Å²) >= 11 is 5.03. The van der Waals surface area contributed by atoms with Gasteiger partial charge in [-0.25, -0.2) is 0 Å². The molecular formula is C10H14OS. The highest BCUT2D eigenvalue weighted by Crippen LogP contribution is 2.62. The molecule has 0 saturated heterocycles. The predicted molar refractivity (Wildman–Crippen MR) is 52.2 cm³/mol. The second-order valence-electron chi connectivity index (χ2n) is 4.67. The molecule has 0 N–H and O–H groups in total. The smallest absolute Gasteiger partial charge is 0.144 e. The molecule has 0 unspecified atom stereocenters. The Kier molecular flexibility index (Phi) is 1.51.